The number of hydrogen-bond acceptors (Lipinski definition) is 6. The number of aromatic nitrogens is 1. The Kier molecular flexibility index (Phi) is 3.46. The minimum absolute atomic E-state index is 0.00898. The Morgan fingerprint density at radius 2 is 2.29 bits per heavy atom. The Labute approximate surface area is 128 Å². The summed E-state index contributed by atoms with van der Waals surface area (Å²) in [6, 6.07) is 0. The van der Waals surface area contributed by atoms with Gasteiger partial charge in [0.15, 0.2) is 5.13 Å². The van der Waals surface area contributed by atoms with Crippen molar-refractivity contribution in [3.63, 3.8) is 0 Å². The molecule has 2 amide bonds. The van der Waals surface area contributed by atoms with Crippen LogP contribution in [0.25, 0.3) is 0 Å². The Hall–Kier alpha value is -1.87. The molecule has 2 atom stereocenters. The molecule has 1 aromatic heterocycles. The number of carbonyl (C=O) groups excluding carboxylic acids is 2. The van der Waals surface area contributed by atoms with Crippen molar-refractivity contribution in [2.45, 2.75) is 24.1 Å². The Morgan fingerprint density at radius 3 is 2.81 bits per heavy atom. The molecule has 0 bridgehead atoms. The molecule has 2 aliphatic rings. The summed E-state index contributed by atoms with van der Waals surface area (Å²) in [5.41, 5.74) is 0.00898. The highest BCUT2D eigenvalue weighted by Gasteiger charge is 2.46. The first-order chi connectivity index (χ1) is 9.99. The molecule has 0 radical (unpaired) electrons. The van der Waals surface area contributed by atoms with Crippen molar-refractivity contribution in [1.82, 2.24) is 9.88 Å². The number of thioether (sulfide) groups is 1. The highest BCUT2D eigenvalue weighted by atomic mass is 32.2. The largest absolute Gasteiger partial charge is 0.478 e. The average molecular weight is 325 g/mol. The topological polar surface area (TPSA) is 90.8 Å². The summed E-state index contributed by atoms with van der Waals surface area (Å²) in [7, 11) is 0. The Bertz CT molecular complexity index is 643. The van der Waals surface area contributed by atoms with E-state index in [0.717, 1.165) is 0 Å². The quantitative estimate of drug-likeness (QED) is 0.837. The maximum absolute atomic E-state index is 12.0. The van der Waals surface area contributed by atoms with Crippen molar-refractivity contribution in [1.29, 1.82) is 0 Å². The minimum atomic E-state index is -1.14. The number of β-lactam (4-membered cyclic amide) rings is 1. The number of carboxylic acids is 1. The van der Waals surface area contributed by atoms with Crippen LogP contribution in [0.1, 0.15) is 13.3 Å². The van der Waals surface area contributed by atoms with Gasteiger partial charge < -0.3 is 10.0 Å². The molecule has 3 heterocycles. The zero-order valence-electron chi connectivity index (χ0n) is 10.9. The van der Waals surface area contributed by atoms with Crippen LogP contribution in [0.4, 0.5) is 5.13 Å². The van der Waals surface area contributed by atoms with Crippen LogP contribution in [0, 0.1) is 0 Å². The fourth-order valence-corrected chi connectivity index (χ4v) is 4.51. The summed E-state index contributed by atoms with van der Waals surface area (Å²) >= 11 is 2.55. The van der Waals surface area contributed by atoms with Crippen molar-refractivity contribution in [2.24, 2.45) is 0 Å². The lowest BCUT2D eigenvalue weighted by Gasteiger charge is -2.45. The third kappa shape index (κ3) is 2.32. The summed E-state index contributed by atoms with van der Waals surface area (Å²) < 4.78 is 0. The molecule has 0 aliphatic carbocycles. The molecule has 2 aliphatic heterocycles. The lowest BCUT2D eigenvalue weighted by Crippen LogP contribution is -2.54. The van der Waals surface area contributed by atoms with Gasteiger partial charge in [-0.3, -0.25) is 14.5 Å². The van der Waals surface area contributed by atoms with Gasteiger partial charge >= 0.3 is 5.97 Å². The number of thiazole rings is 1. The number of rotatable bonds is 3. The molecule has 1 aromatic rings. The van der Waals surface area contributed by atoms with Crippen molar-refractivity contribution in [3.05, 3.63) is 23.3 Å². The SMILES string of the molecule is CC(=O)N(c1nccs1)C1S[C@@H]2CC(=O)N2C=C1C(=O)O. The van der Waals surface area contributed by atoms with Crippen molar-refractivity contribution in [2.75, 3.05) is 4.90 Å². The molecule has 9 heteroatoms. The third-order valence-corrected chi connectivity index (χ3v) is 5.42. The van der Waals surface area contributed by atoms with E-state index in [-0.39, 0.29) is 22.8 Å². The zero-order valence-corrected chi connectivity index (χ0v) is 12.6. The number of nitrogens with zero attached hydrogens (tertiary/aromatic N) is 3. The second-order valence-corrected chi connectivity index (χ2v) is 6.68. The van der Waals surface area contributed by atoms with E-state index < -0.39 is 11.3 Å². The number of carbonyl (C=O) groups is 3. The standard InChI is InChI=1S/C12H11N3O4S2/c1-6(16)15(12-13-2-3-20-12)10-7(11(18)19)5-14-8(17)4-9(14)21-10/h2-3,5,9-10H,4H2,1H3,(H,18,19)/t9-,10?/m1/s1. The van der Waals surface area contributed by atoms with Crippen LogP contribution >= 0.6 is 23.1 Å². The molecule has 0 aromatic carbocycles. The molecule has 0 saturated carbocycles. The predicted octanol–water partition coefficient (Wildman–Crippen LogP) is 1.10. The number of aliphatic carboxylic acids is 1. The second-order valence-electron chi connectivity index (χ2n) is 4.54. The molecule has 3 rings (SSSR count). The van der Waals surface area contributed by atoms with Gasteiger partial charge in [-0.15, -0.1) is 23.1 Å². The van der Waals surface area contributed by atoms with Crippen LogP contribution in [0.15, 0.2) is 23.3 Å². The number of fused-ring (bicyclic) bond motifs is 1. The monoisotopic (exact) mass is 325 g/mol. The highest BCUT2D eigenvalue weighted by molar-refractivity contribution is 8.01. The summed E-state index contributed by atoms with van der Waals surface area (Å²) in [5.74, 6) is -1.53. The summed E-state index contributed by atoms with van der Waals surface area (Å²) in [5, 5.41) is 10.8. The van der Waals surface area contributed by atoms with E-state index in [1.807, 2.05) is 0 Å². The average Bonchev–Trinajstić information content (AvgIpc) is 2.91. The van der Waals surface area contributed by atoms with Crippen molar-refractivity contribution in [3.8, 4) is 0 Å². The lowest BCUT2D eigenvalue weighted by molar-refractivity contribution is -0.138. The van der Waals surface area contributed by atoms with Crippen molar-refractivity contribution >= 4 is 46.0 Å². The van der Waals surface area contributed by atoms with Gasteiger partial charge in [-0.25, -0.2) is 9.78 Å². The molecular formula is C12H11N3O4S2. The number of amides is 2. The molecule has 1 fully saturated rings. The van der Waals surface area contributed by atoms with E-state index in [0.29, 0.717) is 11.6 Å². The number of anilines is 1. The van der Waals surface area contributed by atoms with E-state index in [9.17, 15) is 19.5 Å². The fourth-order valence-electron chi connectivity index (χ4n) is 2.20. The van der Waals surface area contributed by atoms with Gasteiger partial charge in [-0.2, -0.15) is 0 Å². The van der Waals surface area contributed by atoms with Crippen LogP contribution in [0.3, 0.4) is 0 Å². The number of hydrogen-bond donors (Lipinski definition) is 1. The molecule has 21 heavy (non-hydrogen) atoms. The van der Waals surface area contributed by atoms with Crippen LogP contribution < -0.4 is 4.90 Å². The van der Waals surface area contributed by atoms with E-state index in [1.165, 1.54) is 46.0 Å². The summed E-state index contributed by atoms with van der Waals surface area (Å²) in [6.07, 6.45) is 3.25. The van der Waals surface area contributed by atoms with E-state index >= 15 is 0 Å². The van der Waals surface area contributed by atoms with E-state index in [2.05, 4.69) is 4.98 Å². The first-order valence-corrected chi connectivity index (χ1v) is 7.92. The normalized spacial score (nSPS) is 24.0. The smallest absolute Gasteiger partial charge is 0.336 e. The highest BCUT2D eigenvalue weighted by Crippen LogP contribution is 2.43. The molecule has 1 unspecified atom stereocenters. The van der Waals surface area contributed by atoms with Gasteiger partial charge in [0, 0.05) is 24.7 Å². The maximum atomic E-state index is 12.0. The van der Waals surface area contributed by atoms with Crippen LogP contribution in [-0.2, 0) is 14.4 Å². The lowest BCUT2D eigenvalue weighted by atomic mass is 10.1. The van der Waals surface area contributed by atoms with Crippen molar-refractivity contribution < 1.29 is 19.5 Å². The molecule has 1 N–H and O–H groups in total. The predicted molar refractivity (Wildman–Crippen MR) is 77.6 cm³/mol. The van der Waals surface area contributed by atoms with Gasteiger partial charge in [0.05, 0.1) is 17.4 Å². The molecular weight excluding hydrogens is 314 g/mol. The zero-order chi connectivity index (χ0) is 15.1. The summed E-state index contributed by atoms with van der Waals surface area (Å²) in [4.78, 5) is 41.8. The Balaban J connectivity index is 2.00. The first kappa shape index (κ1) is 14.1. The van der Waals surface area contributed by atoms with Crippen LogP contribution in [-0.4, -0.2) is 43.5 Å². The molecule has 7 nitrogen and oxygen atoms in total. The first-order valence-electron chi connectivity index (χ1n) is 6.10. The van der Waals surface area contributed by atoms with E-state index in [4.69, 9.17) is 0 Å². The second kappa shape index (κ2) is 5.15. The molecule has 110 valence electrons. The third-order valence-electron chi connectivity index (χ3n) is 3.22. The van der Waals surface area contributed by atoms with Crippen LogP contribution in [0.5, 0.6) is 0 Å². The van der Waals surface area contributed by atoms with Gasteiger partial charge in [-0.1, -0.05) is 0 Å². The Morgan fingerprint density at radius 1 is 1.52 bits per heavy atom. The van der Waals surface area contributed by atoms with Gasteiger partial charge in [0.25, 0.3) is 0 Å². The molecule has 1 saturated heterocycles. The fraction of sp³-hybridized carbons (Fsp3) is 0.333. The van der Waals surface area contributed by atoms with Gasteiger partial charge in [0.2, 0.25) is 11.8 Å². The minimum Gasteiger partial charge on any atom is -0.478 e. The summed E-state index contributed by atoms with van der Waals surface area (Å²) in [6.45, 7) is 1.37. The van der Waals surface area contributed by atoms with E-state index in [1.54, 1.807) is 11.6 Å². The number of carboxylic acid groups (broad SMARTS) is 1. The maximum Gasteiger partial charge on any atom is 0.336 e. The van der Waals surface area contributed by atoms with Crippen LogP contribution in [0.2, 0.25) is 0 Å². The van der Waals surface area contributed by atoms with Gasteiger partial charge in [0.1, 0.15) is 5.37 Å². The molecule has 0 spiro atoms. The van der Waals surface area contributed by atoms with Gasteiger partial charge in [-0.05, 0) is 0 Å².